The molecule has 0 atom stereocenters. The zero-order chi connectivity index (χ0) is 11.7. The zero-order valence-electron chi connectivity index (χ0n) is 8.97. The van der Waals surface area contributed by atoms with Crippen LogP contribution in [0.1, 0.15) is 0 Å². The minimum absolute atomic E-state index is 0.697. The van der Waals surface area contributed by atoms with Crippen molar-refractivity contribution in [2.24, 2.45) is 0 Å². The summed E-state index contributed by atoms with van der Waals surface area (Å²) in [4.78, 5) is 4.49. The smallest absolute Gasteiger partial charge is 0.145 e. The summed E-state index contributed by atoms with van der Waals surface area (Å²) in [6.07, 6.45) is 3.84. The molecule has 0 radical (unpaired) electrons. The van der Waals surface area contributed by atoms with E-state index in [4.69, 9.17) is 11.6 Å². The predicted octanol–water partition coefficient (Wildman–Crippen LogP) is 3.56. The summed E-state index contributed by atoms with van der Waals surface area (Å²) in [6, 6.07) is 13.5. The topological polar surface area (TPSA) is 29.9 Å². The number of anilines is 1. The molecule has 0 aliphatic carbocycles. The molecule has 17 heavy (non-hydrogen) atoms. The molecule has 3 nitrogen and oxygen atoms in total. The Balaban J connectivity index is 2.01. The van der Waals surface area contributed by atoms with Crippen molar-refractivity contribution in [3.63, 3.8) is 0 Å². The molecular weight excluding hydrogens is 234 g/mol. The van der Waals surface area contributed by atoms with E-state index in [1.807, 2.05) is 59.5 Å². The second-order valence-electron chi connectivity index (χ2n) is 3.74. The Morgan fingerprint density at radius 2 is 1.82 bits per heavy atom. The van der Waals surface area contributed by atoms with Gasteiger partial charge >= 0.3 is 0 Å². The second kappa shape index (κ2) is 4.11. The first-order valence-electron chi connectivity index (χ1n) is 5.27. The molecule has 0 saturated carbocycles. The van der Waals surface area contributed by atoms with Gasteiger partial charge in [0.2, 0.25) is 0 Å². The van der Waals surface area contributed by atoms with Gasteiger partial charge in [0.1, 0.15) is 5.82 Å². The van der Waals surface area contributed by atoms with Gasteiger partial charge in [-0.05, 0) is 36.4 Å². The SMILES string of the molecule is Clc1ccc2ccc(Nn3cccc3)nc2c1. The molecule has 0 unspecified atom stereocenters. The molecule has 2 heterocycles. The summed E-state index contributed by atoms with van der Waals surface area (Å²) in [6.45, 7) is 0. The quantitative estimate of drug-likeness (QED) is 0.746. The van der Waals surface area contributed by atoms with E-state index in [1.54, 1.807) is 0 Å². The van der Waals surface area contributed by atoms with Crippen LogP contribution in [0, 0.1) is 0 Å². The van der Waals surface area contributed by atoms with Crippen LogP contribution in [0.25, 0.3) is 10.9 Å². The maximum atomic E-state index is 5.95. The van der Waals surface area contributed by atoms with Crippen molar-refractivity contribution in [1.29, 1.82) is 0 Å². The van der Waals surface area contributed by atoms with E-state index in [-0.39, 0.29) is 0 Å². The maximum absolute atomic E-state index is 5.95. The van der Waals surface area contributed by atoms with Crippen LogP contribution in [0.15, 0.2) is 54.9 Å². The van der Waals surface area contributed by atoms with Crippen LogP contribution in [0.5, 0.6) is 0 Å². The molecule has 0 bridgehead atoms. The molecular formula is C13H10ClN3. The first-order chi connectivity index (χ1) is 8.31. The normalized spacial score (nSPS) is 10.6. The lowest BCUT2D eigenvalue weighted by Gasteiger charge is -2.07. The molecule has 0 saturated heterocycles. The van der Waals surface area contributed by atoms with Gasteiger partial charge in [0, 0.05) is 22.8 Å². The molecule has 0 aliphatic heterocycles. The Bertz CT molecular complexity index is 647. The fraction of sp³-hybridized carbons (Fsp3) is 0. The number of benzene rings is 1. The highest BCUT2D eigenvalue weighted by Gasteiger charge is 1.99. The molecule has 0 spiro atoms. The standard InChI is InChI=1S/C13H10ClN3/c14-11-5-3-10-4-6-13(15-12(10)9-11)16-17-7-1-2-8-17/h1-9H,(H,15,16). The van der Waals surface area contributed by atoms with Gasteiger partial charge in [-0.1, -0.05) is 17.7 Å². The number of aromatic nitrogens is 2. The van der Waals surface area contributed by atoms with Gasteiger partial charge in [-0.3, -0.25) is 10.1 Å². The highest BCUT2D eigenvalue weighted by Crippen LogP contribution is 2.19. The Morgan fingerprint density at radius 3 is 2.65 bits per heavy atom. The third kappa shape index (κ3) is 2.10. The Hall–Kier alpha value is -2.00. The number of hydrogen-bond acceptors (Lipinski definition) is 2. The lowest BCUT2D eigenvalue weighted by atomic mass is 10.2. The van der Waals surface area contributed by atoms with Gasteiger partial charge in [-0.2, -0.15) is 0 Å². The molecule has 3 rings (SSSR count). The highest BCUT2D eigenvalue weighted by atomic mass is 35.5. The van der Waals surface area contributed by atoms with Crippen LogP contribution in [0.3, 0.4) is 0 Å². The van der Waals surface area contributed by atoms with Crippen LogP contribution in [0.4, 0.5) is 5.82 Å². The molecule has 3 aromatic rings. The van der Waals surface area contributed by atoms with Crippen molar-refractivity contribution in [2.45, 2.75) is 0 Å². The average Bonchev–Trinajstić information content (AvgIpc) is 2.81. The summed E-state index contributed by atoms with van der Waals surface area (Å²) in [5.41, 5.74) is 4.04. The van der Waals surface area contributed by atoms with Gasteiger partial charge in [0.05, 0.1) is 5.52 Å². The number of rotatable bonds is 2. The number of pyridine rings is 1. The van der Waals surface area contributed by atoms with Crippen LogP contribution in [0.2, 0.25) is 5.02 Å². The molecule has 0 amide bonds. The van der Waals surface area contributed by atoms with E-state index in [0.717, 1.165) is 16.7 Å². The number of halogens is 1. The average molecular weight is 244 g/mol. The van der Waals surface area contributed by atoms with E-state index in [9.17, 15) is 0 Å². The molecule has 0 aliphatic rings. The van der Waals surface area contributed by atoms with Gasteiger partial charge in [-0.25, -0.2) is 4.98 Å². The van der Waals surface area contributed by atoms with E-state index in [1.165, 1.54) is 0 Å². The molecule has 1 N–H and O–H groups in total. The number of nitrogens with zero attached hydrogens (tertiary/aromatic N) is 2. The van der Waals surface area contributed by atoms with E-state index in [2.05, 4.69) is 10.4 Å². The number of hydrogen-bond donors (Lipinski definition) is 1. The monoisotopic (exact) mass is 243 g/mol. The lowest BCUT2D eigenvalue weighted by molar-refractivity contribution is 0.957. The first-order valence-corrected chi connectivity index (χ1v) is 5.65. The van der Waals surface area contributed by atoms with E-state index in [0.29, 0.717) is 5.02 Å². The van der Waals surface area contributed by atoms with Gasteiger partial charge in [-0.15, -0.1) is 0 Å². The summed E-state index contributed by atoms with van der Waals surface area (Å²) >= 11 is 5.95. The predicted molar refractivity (Wildman–Crippen MR) is 70.2 cm³/mol. The minimum atomic E-state index is 0.697. The fourth-order valence-electron chi connectivity index (χ4n) is 1.69. The van der Waals surface area contributed by atoms with Crippen LogP contribution >= 0.6 is 11.6 Å². The Labute approximate surface area is 104 Å². The van der Waals surface area contributed by atoms with E-state index < -0.39 is 0 Å². The summed E-state index contributed by atoms with van der Waals surface area (Å²) < 4.78 is 1.85. The van der Waals surface area contributed by atoms with Crippen LogP contribution in [-0.2, 0) is 0 Å². The van der Waals surface area contributed by atoms with Crippen molar-refractivity contribution in [2.75, 3.05) is 5.43 Å². The molecule has 84 valence electrons. The third-order valence-electron chi connectivity index (χ3n) is 2.50. The summed E-state index contributed by atoms with van der Waals surface area (Å²) in [5.74, 6) is 0.788. The van der Waals surface area contributed by atoms with Crippen molar-refractivity contribution in [1.82, 2.24) is 9.66 Å². The minimum Gasteiger partial charge on any atom is -0.278 e. The second-order valence-corrected chi connectivity index (χ2v) is 4.17. The third-order valence-corrected chi connectivity index (χ3v) is 2.74. The van der Waals surface area contributed by atoms with Crippen molar-refractivity contribution < 1.29 is 0 Å². The maximum Gasteiger partial charge on any atom is 0.145 e. The largest absolute Gasteiger partial charge is 0.278 e. The highest BCUT2D eigenvalue weighted by molar-refractivity contribution is 6.31. The van der Waals surface area contributed by atoms with Crippen molar-refractivity contribution >= 4 is 28.3 Å². The summed E-state index contributed by atoms with van der Waals surface area (Å²) in [5, 5.41) is 1.77. The molecule has 4 heteroatoms. The zero-order valence-corrected chi connectivity index (χ0v) is 9.72. The summed E-state index contributed by atoms with van der Waals surface area (Å²) in [7, 11) is 0. The van der Waals surface area contributed by atoms with E-state index >= 15 is 0 Å². The first kappa shape index (κ1) is 10.2. The van der Waals surface area contributed by atoms with Gasteiger partial charge in [0.25, 0.3) is 0 Å². The molecule has 1 aromatic carbocycles. The Kier molecular flexibility index (Phi) is 2.46. The Morgan fingerprint density at radius 1 is 1.06 bits per heavy atom. The number of nitrogens with one attached hydrogen (secondary N) is 1. The molecule has 0 fully saturated rings. The van der Waals surface area contributed by atoms with Crippen LogP contribution in [-0.4, -0.2) is 9.66 Å². The molecule has 2 aromatic heterocycles. The fourth-order valence-corrected chi connectivity index (χ4v) is 1.86. The number of fused-ring (bicyclic) bond motifs is 1. The van der Waals surface area contributed by atoms with Crippen molar-refractivity contribution in [3.05, 3.63) is 59.9 Å². The van der Waals surface area contributed by atoms with Crippen LogP contribution < -0.4 is 5.43 Å². The van der Waals surface area contributed by atoms with Gasteiger partial charge in [0.15, 0.2) is 0 Å². The lowest BCUT2D eigenvalue weighted by Crippen LogP contribution is -2.06. The van der Waals surface area contributed by atoms with Gasteiger partial charge < -0.3 is 0 Å². The van der Waals surface area contributed by atoms with Crippen molar-refractivity contribution in [3.8, 4) is 0 Å².